The van der Waals surface area contributed by atoms with Crippen molar-refractivity contribution in [3.05, 3.63) is 82.2 Å². The highest BCUT2D eigenvalue weighted by atomic mass is 16.7. The molecule has 0 aromatic heterocycles. The zero-order chi connectivity index (χ0) is 19.8. The Balaban J connectivity index is 1.74. The molecule has 0 bridgehead atoms. The molecule has 1 fully saturated rings. The van der Waals surface area contributed by atoms with Crippen LogP contribution in [0.4, 0.5) is 0 Å². The second kappa shape index (κ2) is 10.2. The molecule has 28 heavy (non-hydrogen) atoms. The van der Waals surface area contributed by atoms with Gasteiger partial charge in [0.2, 0.25) is 0 Å². The van der Waals surface area contributed by atoms with Crippen LogP contribution in [-0.4, -0.2) is 37.8 Å². The molecule has 0 amide bonds. The Morgan fingerprint density at radius 1 is 0.929 bits per heavy atom. The largest absolute Gasteiger partial charge is 0.373 e. The van der Waals surface area contributed by atoms with E-state index in [-0.39, 0.29) is 6.10 Å². The van der Waals surface area contributed by atoms with Crippen molar-refractivity contribution in [1.29, 1.82) is 0 Å². The SMILES string of the molecule is CO[C@H]1[C@@H](OCc2ccccc2)O[C@H](C)[C@@H](N=[N+]=[N-])[C@@H]1OCc1ccccc1. The summed E-state index contributed by atoms with van der Waals surface area (Å²) in [6, 6.07) is 19.2. The Morgan fingerprint density at radius 2 is 1.50 bits per heavy atom. The first-order chi connectivity index (χ1) is 13.7. The van der Waals surface area contributed by atoms with Gasteiger partial charge >= 0.3 is 0 Å². The molecule has 1 heterocycles. The number of hydrogen-bond acceptors (Lipinski definition) is 5. The van der Waals surface area contributed by atoms with Crippen molar-refractivity contribution in [2.45, 2.75) is 50.8 Å². The van der Waals surface area contributed by atoms with Gasteiger partial charge in [-0.2, -0.15) is 0 Å². The average Bonchev–Trinajstić information content (AvgIpc) is 2.74. The van der Waals surface area contributed by atoms with E-state index in [2.05, 4.69) is 10.0 Å². The third kappa shape index (κ3) is 5.10. The van der Waals surface area contributed by atoms with Gasteiger partial charge in [-0.1, -0.05) is 65.8 Å². The minimum atomic E-state index is -0.633. The summed E-state index contributed by atoms with van der Waals surface area (Å²) in [6.45, 7) is 2.61. The minimum absolute atomic E-state index is 0.371. The van der Waals surface area contributed by atoms with Gasteiger partial charge in [0, 0.05) is 12.0 Å². The Bertz CT molecular complexity index is 768. The lowest BCUT2D eigenvalue weighted by Crippen LogP contribution is -2.58. The standard InChI is InChI=1S/C21H25N3O4/c1-15-18(23-24-22)19(26-13-16-9-5-3-6-10-16)20(25-2)21(28-15)27-14-17-11-7-4-8-12-17/h3-12,15,18-21H,13-14H2,1-2H3/t15-,18-,19+,20-,21+/m1/s1. The maximum Gasteiger partial charge on any atom is 0.186 e. The molecular weight excluding hydrogens is 358 g/mol. The van der Waals surface area contributed by atoms with Gasteiger partial charge in [-0.3, -0.25) is 0 Å². The number of nitrogens with zero attached hydrogens (tertiary/aromatic N) is 3. The van der Waals surface area contributed by atoms with E-state index in [1.165, 1.54) is 0 Å². The highest BCUT2D eigenvalue weighted by Gasteiger charge is 2.45. The van der Waals surface area contributed by atoms with Crippen molar-refractivity contribution in [3.8, 4) is 0 Å². The normalized spacial score (nSPS) is 27.1. The van der Waals surface area contributed by atoms with E-state index in [1.807, 2.05) is 67.6 Å². The lowest BCUT2D eigenvalue weighted by molar-refractivity contribution is -0.286. The Labute approximate surface area is 164 Å². The van der Waals surface area contributed by atoms with Gasteiger partial charge in [-0.05, 0) is 23.6 Å². The fourth-order valence-electron chi connectivity index (χ4n) is 3.30. The van der Waals surface area contributed by atoms with Gasteiger partial charge in [0.05, 0.1) is 25.4 Å². The maximum atomic E-state index is 8.99. The van der Waals surface area contributed by atoms with Gasteiger partial charge in [0.25, 0.3) is 0 Å². The summed E-state index contributed by atoms with van der Waals surface area (Å²) < 4.78 is 23.8. The Hall–Kier alpha value is -2.41. The van der Waals surface area contributed by atoms with Crippen molar-refractivity contribution < 1.29 is 18.9 Å². The first-order valence-electron chi connectivity index (χ1n) is 9.26. The Morgan fingerprint density at radius 3 is 2.04 bits per heavy atom. The number of rotatable bonds is 8. The van der Waals surface area contributed by atoms with Gasteiger partial charge in [0.1, 0.15) is 12.2 Å². The topological polar surface area (TPSA) is 85.7 Å². The van der Waals surface area contributed by atoms with Gasteiger partial charge < -0.3 is 18.9 Å². The van der Waals surface area contributed by atoms with Gasteiger partial charge in [0.15, 0.2) is 6.29 Å². The molecule has 7 nitrogen and oxygen atoms in total. The molecule has 0 N–H and O–H groups in total. The molecule has 0 radical (unpaired) electrons. The third-order valence-electron chi connectivity index (χ3n) is 4.76. The van der Waals surface area contributed by atoms with Crippen molar-refractivity contribution in [1.82, 2.24) is 0 Å². The van der Waals surface area contributed by atoms with E-state index in [4.69, 9.17) is 24.5 Å². The monoisotopic (exact) mass is 383 g/mol. The lowest BCUT2D eigenvalue weighted by atomic mass is 9.97. The van der Waals surface area contributed by atoms with E-state index < -0.39 is 24.5 Å². The molecule has 3 rings (SSSR count). The molecule has 0 unspecified atom stereocenters. The van der Waals surface area contributed by atoms with Crippen LogP contribution in [0.2, 0.25) is 0 Å². The quantitative estimate of drug-likeness (QED) is 0.388. The van der Waals surface area contributed by atoms with E-state index in [1.54, 1.807) is 7.11 Å². The molecule has 1 aliphatic heterocycles. The molecule has 0 spiro atoms. The van der Waals surface area contributed by atoms with E-state index in [0.717, 1.165) is 11.1 Å². The van der Waals surface area contributed by atoms with Crippen LogP contribution >= 0.6 is 0 Å². The molecule has 2 aromatic rings. The van der Waals surface area contributed by atoms with Crippen LogP contribution in [0.1, 0.15) is 18.1 Å². The van der Waals surface area contributed by atoms with E-state index in [0.29, 0.717) is 13.2 Å². The maximum absolute atomic E-state index is 8.99. The molecule has 5 atom stereocenters. The number of methoxy groups -OCH3 is 1. The molecule has 0 saturated carbocycles. The van der Waals surface area contributed by atoms with Crippen LogP contribution in [-0.2, 0) is 32.2 Å². The van der Waals surface area contributed by atoms with Crippen LogP contribution in [0.15, 0.2) is 65.8 Å². The first-order valence-corrected chi connectivity index (χ1v) is 9.26. The fourth-order valence-corrected chi connectivity index (χ4v) is 3.30. The molecule has 148 valence electrons. The summed E-state index contributed by atoms with van der Waals surface area (Å²) in [5.41, 5.74) is 11.1. The molecule has 0 aliphatic carbocycles. The summed E-state index contributed by atoms with van der Waals surface area (Å²) >= 11 is 0. The van der Waals surface area contributed by atoms with Crippen molar-refractivity contribution in [3.63, 3.8) is 0 Å². The van der Waals surface area contributed by atoms with Gasteiger partial charge in [-0.25, -0.2) is 0 Å². The van der Waals surface area contributed by atoms with E-state index >= 15 is 0 Å². The molecule has 7 heteroatoms. The average molecular weight is 383 g/mol. The zero-order valence-electron chi connectivity index (χ0n) is 16.0. The van der Waals surface area contributed by atoms with Crippen LogP contribution in [0, 0.1) is 0 Å². The second-order valence-corrected chi connectivity index (χ2v) is 6.66. The number of hydrogen-bond donors (Lipinski definition) is 0. The number of benzene rings is 2. The molecule has 2 aromatic carbocycles. The molecule has 1 aliphatic rings. The van der Waals surface area contributed by atoms with Crippen molar-refractivity contribution in [2.75, 3.05) is 7.11 Å². The van der Waals surface area contributed by atoms with Crippen molar-refractivity contribution in [2.24, 2.45) is 5.11 Å². The summed E-state index contributed by atoms with van der Waals surface area (Å²) in [5.74, 6) is 0. The highest BCUT2D eigenvalue weighted by Crippen LogP contribution is 2.29. The third-order valence-corrected chi connectivity index (χ3v) is 4.76. The summed E-state index contributed by atoms with van der Waals surface area (Å²) in [5, 5.41) is 3.90. The van der Waals surface area contributed by atoms with E-state index in [9.17, 15) is 0 Å². The summed E-state index contributed by atoms with van der Waals surface area (Å²) in [6.07, 6.45) is -2.03. The van der Waals surface area contributed by atoms with Crippen LogP contribution < -0.4 is 0 Å². The Kier molecular flexibility index (Phi) is 7.42. The summed E-state index contributed by atoms with van der Waals surface area (Å²) in [7, 11) is 1.58. The molecule has 1 saturated heterocycles. The predicted octanol–water partition coefficient (Wildman–Crippen LogP) is 4.23. The van der Waals surface area contributed by atoms with Crippen molar-refractivity contribution >= 4 is 0 Å². The summed E-state index contributed by atoms with van der Waals surface area (Å²) in [4.78, 5) is 2.97. The number of ether oxygens (including phenoxy) is 4. The molecular formula is C21H25N3O4. The lowest BCUT2D eigenvalue weighted by Gasteiger charge is -2.43. The number of azide groups is 1. The fraction of sp³-hybridized carbons (Fsp3) is 0.429. The van der Waals surface area contributed by atoms with Crippen LogP contribution in [0.5, 0.6) is 0 Å². The second-order valence-electron chi connectivity index (χ2n) is 6.66. The zero-order valence-corrected chi connectivity index (χ0v) is 16.0. The van der Waals surface area contributed by atoms with Crippen LogP contribution in [0.25, 0.3) is 10.4 Å². The highest BCUT2D eigenvalue weighted by molar-refractivity contribution is 5.14. The first kappa shape index (κ1) is 20.3. The smallest absolute Gasteiger partial charge is 0.186 e. The van der Waals surface area contributed by atoms with Crippen LogP contribution in [0.3, 0.4) is 0 Å². The minimum Gasteiger partial charge on any atom is -0.373 e. The van der Waals surface area contributed by atoms with Gasteiger partial charge in [-0.15, -0.1) is 0 Å². The predicted molar refractivity (Wildman–Crippen MR) is 104 cm³/mol.